The minimum absolute atomic E-state index is 0.0864. The highest BCUT2D eigenvalue weighted by Gasteiger charge is 2.28. The van der Waals surface area contributed by atoms with Gasteiger partial charge in [0.15, 0.2) is 0 Å². The molecule has 110 valence electrons. The zero-order chi connectivity index (χ0) is 14.5. The van der Waals surface area contributed by atoms with Crippen LogP contribution >= 0.6 is 0 Å². The molecule has 1 heterocycles. The Hall–Kier alpha value is -1.46. The average molecular weight is 281 g/mol. The number of halogens is 1. The quantitative estimate of drug-likeness (QED) is 0.896. The number of hydrogen-bond acceptors (Lipinski definition) is 3. The summed E-state index contributed by atoms with van der Waals surface area (Å²) >= 11 is 0. The molecule has 1 N–H and O–H groups in total. The Morgan fingerprint density at radius 2 is 2.20 bits per heavy atom. The molecule has 0 radical (unpaired) electrons. The van der Waals surface area contributed by atoms with Crippen LogP contribution in [0.25, 0.3) is 0 Å². The van der Waals surface area contributed by atoms with Gasteiger partial charge < -0.3 is 9.84 Å². The monoisotopic (exact) mass is 281 g/mol. The number of carboxylic acids is 1. The van der Waals surface area contributed by atoms with Crippen molar-refractivity contribution in [3.63, 3.8) is 0 Å². The molecule has 1 aliphatic heterocycles. The molecule has 4 nitrogen and oxygen atoms in total. The van der Waals surface area contributed by atoms with Crippen molar-refractivity contribution in [2.45, 2.75) is 31.8 Å². The molecule has 0 bridgehead atoms. The largest absolute Gasteiger partial charge is 0.481 e. The highest BCUT2D eigenvalue weighted by molar-refractivity contribution is 5.67. The van der Waals surface area contributed by atoms with Crippen molar-refractivity contribution in [2.75, 3.05) is 19.8 Å². The standard InChI is InChI=1S/C15H20FNO3/c1-11(8-12-2-4-13(16)5-3-12)17-6-7-20-10-14(17)9-15(18)19/h2-5,11,14H,6-10H2,1H3,(H,18,19). The number of benzene rings is 1. The van der Waals surface area contributed by atoms with Crippen LogP contribution in [0, 0.1) is 5.82 Å². The molecule has 0 spiro atoms. The fourth-order valence-corrected chi connectivity index (χ4v) is 2.70. The van der Waals surface area contributed by atoms with Crippen molar-refractivity contribution in [3.8, 4) is 0 Å². The third-order valence-corrected chi connectivity index (χ3v) is 3.69. The normalized spacial score (nSPS) is 21.6. The first-order chi connectivity index (χ1) is 9.56. The molecule has 0 saturated carbocycles. The molecular weight excluding hydrogens is 261 g/mol. The van der Waals surface area contributed by atoms with Gasteiger partial charge in [0.2, 0.25) is 0 Å². The smallest absolute Gasteiger partial charge is 0.305 e. The molecule has 2 rings (SSSR count). The number of hydrogen-bond donors (Lipinski definition) is 1. The number of carboxylic acid groups (broad SMARTS) is 1. The maximum Gasteiger partial charge on any atom is 0.305 e. The Kier molecular flexibility index (Phi) is 5.09. The SMILES string of the molecule is CC(Cc1ccc(F)cc1)N1CCOCC1CC(=O)O. The number of carbonyl (C=O) groups is 1. The zero-order valence-electron chi connectivity index (χ0n) is 11.6. The van der Waals surface area contributed by atoms with Gasteiger partial charge in [0.25, 0.3) is 0 Å². The topological polar surface area (TPSA) is 49.8 Å². The third kappa shape index (κ3) is 4.02. The Labute approximate surface area is 118 Å². The van der Waals surface area contributed by atoms with Crippen LogP contribution in [0.1, 0.15) is 18.9 Å². The summed E-state index contributed by atoms with van der Waals surface area (Å²) in [5, 5.41) is 8.96. The second-order valence-corrected chi connectivity index (χ2v) is 5.24. The van der Waals surface area contributed by atoms with Crippen LogP contribution in [0.3, 0.4) is 0 Å². The minimum atomic E-state index is -0.806. The van der Waals surface area contributed by atoms with Crippen molar-refractivity contribution in [1.29, 1.82) is 0 Å². The van der Waals surface area contributed by atoms with Crippen molar-refractivity contribution < 1.29 is 19.0 Å². The maximum absolute atomic E-state index is 12.9. The van der Waals surface area contributed by atoms with Gasteiger partial charge in [-0.2, -0.15) is 0 Å². The van der Waals surface area contributed by atoms with Crippen molar-refractivity contribution in [1.82, 2.24) is 4.90 Å². The van der Waals surface area contributed by atoms with E-state index in [9.17, 15) is 9.18 Å². The van der Waals surface area contributed by atoms with Gasteiger partial charge in [0, 0.05) is 18.6 Å². The first-order valence-electron chi connectivity index (χ1n) is 6.86. The summed E-state index contributed by atoms with van der Waals surface area (Å²) in [4.78, 5) is 13.1. The third-order valence-electron chi connectivity index (χ3n) is 3.69. The summed E-state index contributed by atoms with van der Waals surface area (Å²) in [6, 6.07) is 6.58. The van der Waals surface area contributed by atoms with Gasteiger partial charge in [-0.25, -0.2) is 4.39 Å². The maximum atomic E-state index is 12.9. The summed E-state index contributed by atoms with van der Waals surface area (Å²) < 4.78 is 18.3. The Balaban J connectivity index is 1.99. The van der Waals surface area contributed by atoms with Crippen LogP contribution in [-0.4, -0.2) is 47.8 Å². The Morgan fingerprint density at radius 1 is 1.50 bits per heavy atom. The van der Waals surface area contributed by atoms with Gasteiger partial charge in [-0.1, -0.05) is 12.1 Å². The summed E-state index contributed by atoms with van der Waals surface area (Å²) in [6.45, 7) is 3.90. The average Bonchev–Trinajstić information content (AvgIpc) is 2.41. The van der Waals surface area contributed by atoms with Crippen LogP contribution in [-0.2, 0) is 16.0 Å². The van der Waals surface area contributed by atoms with E-state index in [0.29, 0.717) is 13.2 Å². The van der Waals surface area contributed by atoms with Gasteiger partial charge in [-0.3, -0.25) is 9.69 Å². The molecule has 1 aromatic rings. The van der Waals surface area contributed by atoms with Gasteiger partial charge in [0.1, 0.15) is 5.82 Å². The summed E-state index contributed by atoms with van der Waals surface area (Å²) in [6.07, 6.45) is 0.865. The van der Waals surface area contributed by atoms with Gasteiger partial charge >= 0.3 is 5.97 Å². The summed E-state index contributed by atoms with van der Waals surface area (Å²) in [5.41, 5.74) is 1.06. The van der Waals surface area contributed by atoms with E-state index in [1.807, 2.05) is 0 Å². The van der Waals surface area contributed by atoms with Crippen molar-refractivity contribution in [2.24, 2.45) is 0 Å². The van der Waals surface area contributed by atoms with Crippen molar-refractivity contribution >= 4 is 5.97 Å². The number of rotatable bonds is 5. The molecule has 2 unspecified atom stereocenters. The lowest BCUT2D eigenvalue weighted by Crippen LogP contribution is -2.51. The van der Waals surface area contributed by atoms with Crippen LogP contribution in [0.2, 0.25) is 0 Å². The fourth-order valence-electron chi connectivity index (χ4n) is 2.70. The minimum Gasteiger partial charge on any atom is -0.481 e. The molecule has 0 amide bonds. The zero-order valence-corrected chi connectivity index (χ0v) is 11.6. The lowest BCUT2D eigenvalue weighted by molar-refractivity contribution is -0.140. The number of morpholine rings is 1. The Bertz CT molecular complexity index is 449. The molecule has 1 fully saturated rings. The number of ether oxygens (including phenoxy) is 1. The van der Waals surface area contributed by atoms with Crippen molar-refractivity contribution in [3.05, 3.63) is 35.6 Å². The first kappa shape index (κ1) is 14.9. The number of nitrogens with zero attached hydrogens (tertiary/aromatic N) is 1. The van der Waals surface area contributed by atoms with Crippen LogP contribution < -0.4 is 0 Å². The molecule has 5 heteroatoms. The molecule has 1 aromatic carbocycles. The van der Waals surface area contributed by atoms with Gasteiger partial charge in [0.05, 0.1) is 19.6 Å². The lowest BCUT2D eigenvalue weighted by atomic mass is 10.0. The van der Waals surface area contributed by atoms with E-state index < -0.39 is 5.97 Å². The molecule has 2 atom stereocenters. The van der Waals surface area contributed by atoms with E-state index in [-0.39, 0.29) is 24.3 Å². The second kappa shape index (κ2) is 6.81. The van der Waals surface area contributed by atoms with E-state index in [2.05, 4.69) is 11.8 Å². The van der Waals surface area contributed by atoms with Gasteiger partial charge in [-0.15, -0.1) is 0 Å². The Morgan fingerprint density at radius 3 is 2.85 bits per heavy atom. The highest BCUT2D eigenvalue weighted by Crippen LogP contribution is 2.17. The lowest BCUT2D eigenvalue weighted by Gasteiger charge is -2.39. The molecular formula is C15H20FNO3. The van der Waals surface area contributed by atoms with Crippen LogP contribution in [0.4, 0.5) is 4.39 Å². The molecule has 0 aliphatic carbocycles. The summed E-state index contributed by atoms with van der Waals surface area (Å²) in [7, 11) is 0. The van der Waals surface area contributed by atoms with Crippen LogP contribution in [0.15, 0.2) is 24.3 Å². The molecule has 1 saturated heterocycles. The second-order valence-electron chi connectivity index (χ2n) is 5.24. The van der Waals surface area contributed by atoms with E-state index in [0.717, 1.165) is 18.5 Å². The van der Waals surface area contributed by atoms with Gasteiger partial charge in [-0.05, 0) is 31.0 Å². The molecule has 20 heavy (non-hydrogen) atoms. The predicted molar refractivity (Wildman–Crippen MR) is 73.1 cm³/mol. The van der Waals surface area contributed by atoms with E-state index in [1.165, 1.54) is 12.1 Å². The van der Waals surface area contributed by atoms with Crippen LogP contribution in [0.5, 0.6) is 0 Å². The van der Waals surface area contributed by atoms with E-state index in [1.54, 1.807) is 12.1 Å². The molecule has 1 aliphatic rings. The first-order valence-corrected chi connectivity index (χ1v) is 6.86. The summed E-state index contributed by atoms with van der Waals surface area (Å²) in [5.74, 6) is -1.05. The van der Waals surface area contributed by atoms with E-state index in [4.69, 9.17) is 9.84 Å². The predicted octanol–water partition coefficient (Wildman–Crippen LogP) is 1.93. The number of aliphatic carboxylic acids is 1. The molecule has 0 aromatic heterocycles. The highest BCUT2D eigenvalue weighted by atomic mass is 19.1. The van der Waals surface area contributed by atoms with E-state index >= 15 is 0 Å². The fraction of sp³-hybridized carbons (Fsp3) is 0.533.